The molecule has 96 valence electrons. The van der Waals surface area contributed by atoms with Gasteiger partial charge in [-0.3, -0.25) is 0 Å². The third-order valence-corrected chi connectivity index (χ3v) is 3.58. The predicted molar refractivity (Wildman–Crippen MR) is 79.6 cm³/mol. The maximum Gasteiger partial charge on any atom is 0.0835 e. The van der Waals surface area contributed by atoms with Crippen molar-refractivity contribution in [2.24, 2.45) is 0 Å². The molecule has 0 saturated carbocycles. The second kappa shape index (κ2) is 5.65. The second-order valence-electron chi connectivity index (χ2n) is 4.76. The highest BCUT2D eigenvalue weighted by atomic mass is 35.5. The van der Waals surface area contributed by atoms with Crippen molar-refractivity contribution in [1.82, 2.24) is 0 Å². The van der Waals surface area contributed by atoms with E-state index in [0.717, 1.165) is 11.1 Å². The number of nitriles is 1. The van der Waals surface area contributed by atoms with E-state index in [1.54, 1.807) is 18.2 Å². The molecule has 0 radical (unpaired) electrons. The molecule has 0 N–H and O–H groups in total. The maximum absolute atomic E-state index is 9.55. The summed E-state index contributed by atoms with van der Waals surface area (Å²) in [5, 5.41) is 10.7. The Morgan fingerprint density at radius 3 is 2.16 bits per heavy atom. The lowest BCUT2D eigenvalue weighted by Gasteiger charge is -2.22. The van der Waals surface area contributed by atoms with Gasteiger partial charge in [-0.25, -0.2) is 0 Å². The van der Waals surface area contributed by atoms with Gasteiger partial charge in [0.15, 0.2) is 0 Å². The molecular formula is C16H13Cl2N. The van der Waals surface area contributed by atoms with Crippen LogP contribution in [0.15, 0.2) is 48.5 Å². The van der Waals surface area contributed by atoms with Crippen LogP contribution in [0.3, 0.4) is 0 Å². The molecule has 2 rings (SSSR count). The van der Waals surface area contributed by atoms with E-state index in [0.29, 0.717) is 16.5 Å². The van der Waals surface area contributed by atoms with Gasteiger partial charge in [-0.2, -0.15) is 5.26 Å². The van der Waals surface area contributed by atoms with E-state index in [9.17, 15) is 5.26 Å². The highest BCUT2D eigenvalue weighted by Gasteiger charge is 2.27. The summed E-state index contributed by atoms with van der Waals surface area (Å²) in [6.45, 7) is 1.90. The Morgan fingerprint density at radius 1 is 1.05 bits per heavy atom. The summed E-state index contributed by atoms with van der Waals surface area (Å²) in [4.78, 5) is 0. The minimum atomic E-state index is -0.643. The zero-order valence-electron chi connectivity index (χ0n) is 10.5. The van der Waals surface area contributed by atoms with Gasteiger partial charge in [0.25, 0.3) is 0 Å². The van der Waals surface area contributed by atoms with E-state index in [1.807, 2.05) is 37.3 Å². The van der Waals surface area contributed by atoms with E-state index in [1.165, 1.54) is 0 Å². The number of rotatable bonds is 3. The van der Waals surface area contributed by atoms with Crippen molar-refractivity contribution in [3.8, 4) is 6.07 Å². The molecule has 0 amide bonds. The van der Waals surface area contributed by atoms with Gasteiger partial charge in [0, 0.05) is 10.0 Å². The van der Waals surface area contributed by atoms with E-state index in [4.69, 9.17) is 23.2 Å². The standard InChI is InChI=1S/C16H13Cl2N/c1-16(11-19,10-12-5-3-2-4-6-12)13-7-14(17)9-15(18)8-13/h2-9H,10H2,1H3. The van der Waals surface area contributed by atoms with Crippen molar-refractivity contribution in [1.29, 1.82) is 5.26 Å². The van der Waals surface area contributed by atoms with Gasteiger partial charge in [0.05, 0.1) is 11.5 Å². The Morgan fingerprint density at radius 2 is 1.63 bits per heavy atom. The monoisotopic (exact) mass is 289 g/mol. The normalized spacial score (nSPS) is 13.6. The lowest BCUT2D eigenvalue weighted by atomic mass is 9.79. The van der Waals surface area contributed by atoms with Crippen LogP contribution < -0.4 is 0 Å². The first-order valence-corrected chi connectivity index (χ1v) is 6.71. The van der Waals surface area contributed by atoms with Gasteiger partial charge >= 0.3 is 0 Å². The molecule has 19 heavy (non-hydrogen) atoms. The van der Waals surface area contributed by atoms with Crippen molar-refractivity contribution < 1.29 is 0 Å². The zero-order chi connectivity index (χ0) is 13.9. The van der Waals surface area contributed by atoms with E-state index in [-0.39, 0.29) is 0 Å². The summed E-state index contributed by atoms with van der Waals surface area (Å²) < 4.78 is 0. The fourth-order valence-electron chi connectivity index (χ4n) is 2.08. The summed E-state index contributed by atoms with van der Waals surface area (Å²) in [6, 6.07) is 17.6. The average Bonchev–Trinajstić information content (AvgIpc) is 2.38. The molecule has 2 aromatic rings. The summed E-state index contributed by atoms with van der Waals surface area (Å²) in [6.07, 6.45) is 0.626. The van der Waals surface area contributed by atoms with E-state index < -0.39 is 5.41 Å². The molecule has 0 aliphatic rings. The van der Waals surface area contributed by atoms with Gasteiger partial charge in [0.1, 0.15) is 0 Å². The van der Waals surface area contributed by atoms with Crippen LogP contribution in [0.5, 0.6) is 0 Å². The van der Waals surface area contributed by atoms with Crippen molar-refractivity contribution >= 4 is 23.2 Å². The largest absolute Gasteiger partial charge is 0.197 e. The van der Waals surface area contributed by atoms with Crippen LogP contribution in [0.1, 0.15) is 18.1 Å². The Balaban J connectivity index is 2.40. The Labute approximate surface area is 123 Å². The molecule has 0 fully saturated rings. The number of hydrogen-bond donors (Lipinski definition) is 0. The fraction of sp³-hybridized carbons (Fsp3) is 0.188. The molecule has 2 aromatic carbocycles. The second-order valence-corrected chi connectivity index (χ2v) is 5.64. The fourth-order valence-corrected chi connectivity index (χ4v) is 2.61. The van der Waals surface area contributed by atoms with Gasteiger partial charge in [0.2, 0.25) is 0 Å². The predicted octanol–water partition coefficient (Wildman–Crippen LogP) is 5.02. The number of benzene rings is 2. The van der Waals surface area contributed by atoms with Crippen LogP contribution in [0.2, 0.25) is 10.0 Å². The average molecular weight is 290 g/mol. The van der Waals surface area contributed by atoms with Gasteiger partial charge in [-0.05, 0) is 42.7 Å². The van der Waals surface area contributed by atoms with Crippen LogP contribution >= 0.6 is 23.2 Å². The highest BCUT2D eigenvalue weighted by Crippen LogP contribution is 2.31. The Hall–Kier alpha value is -1.49. The highest BCUT2D eigenvalue weighted by molar-refractivity contribution is 6.34. The maximum atomic E-state index is 9.55. The summed E-state index contributed by atoms with van der Waals surface area (Å²) >= 11 is 12.0. The molecule has 1 unspecified atom stereocenters. The number of hydrogen-bond acceptors (Lipinski definition) is 1. The molecule has 0 bridgehead atoms. The van der Waals surface area contributed by atoms with Crippen molar-refractivity contribution in [2.45, 2.75) is 18.8 Å². The van der Waals surface area contributed by atoms with Gasteiger partial charge in [-0.15, -0.1) is 0 Å². The quantitative estimate of drug-likeness (QED) is 0.778. The molecule has 0 heterocycles. The Kier molecular flexibility index (Phi) is 4.14. The van der Waals surface area contributed by atoms with Crippen LogP contribution in [-0.2, 0) is 11.8 Å². The minimum Gasteiger partial charge on any atom is -0.197 e. The first-order chi connectivity index (χ1) is 9.03. The molecule has 0 saturated heterocycles. The summed E-state index contributed by atoms with van der Waals surface area (Å²) in [7, 11) is 0. The summed E-state index contributed by atoms with van der Waals surface area (Å²) in [5.41, 5.74) is 1.31. The van der Waals surface area contributed by atoms with Crippen LogP contribution in [0.25, 0.3) is 0 Å². The molecular weight excluding hydrogens is 277 g/mol. The number of nitrogens with zero attached hydrogens (tertiary/aromatic N) is 1. The van der Waals surface area contributed by atoms with Gasteiger partial charge in [-0.1, -0.05) is 53.5 Å². The van der Waals surface area contributed by atoms with Crippen molar-refractivity contribution in [3.63, 3.8) is 0 Å². The van der Waals surface area contributed by atoms with E-state index in [2.05, 4.69) is 6.07 Å². The van der Waals surface area contributed by atoms with Gasteiger partial charge < -0.3 is 0 Å². The van der Waals surface area contributed by atoms with Crippen molar-refractivity contribution in [2.75, 3.05) is 0 Å². The number of halogens is 2. The first kappa shape index (κ1) is 13.9. The third-order valence-electron chi connectivity index (χ3n) is 3.15. The van der Waals surface area contributed by atoms with Crippen LogP contribution in [-0.4, -0.2) is 0 Å². The molecule has 1 atom stereocenters. The first-order valence-electron chi connectivity index (χ1n) is 5.95. The molecule has 1 nitrogen and oxygen atoms in total. The lowest BCUT2D eigenvalue weighted by Crippen LogP contribution is -2.22. The summed E-state index contributed by atoms with van der Waals surface area (Å²) in [5.74, 6) is 0. The lowest BCUT2D eigenvalue weighted by molar-refractivity contribution is 0.606. The molecule has 0 spiro atoms. The molecule has 0 aliphatic heterocycles. The SMILES string of the molecule is CC(C#N)(Cc1ccccc1)c1cc(Cl)cc(Cl)c1. The van der Waals surface area contributed by atoms with Crippen molar-refractivity contribution in [3.05, 3.63) is 69.7 Å². The third kappa shape index (κ3) is 3.29. The minimum absolute atomic E-state index is 0.553. The van der Waals surface area contributed by atoms with Crippen LogP contribution in [0, 0.1) is 11.3 Å². The molecule has 0 aliphatic carbocycles. The van der Waals surface area contributed by atoms with E-state index >= 15 is 0 Å². The Bertz CT molecular complexity index is 596. The zero-order valence-corrected chi connectivity index (χ0v) is 12.0. The molecule has 0 aromatic heterocycles. The van der Waals surface area contributed by atoms with Crippen LogP contribution in [0.4, 0.5) is 0 Å². The molecule has 3 heteroatoms. The smallest absolute Gasteiger partial charge is 0.0835 e. The topological polar surface area (TPSA) is 23.8 Å².